The highest BCUT2D eigenvalue weighted by Gasteiger charge is 2.21. The molecule has 0 unspecified atom stereocenters. The molecular weight excluding hydrogens is 588 g/mol. The van der Waals surface area contributed by atoms with Crippen molar-refractivity contribution in [1.29, 1.82) is 0 Å². The number of carbonyl (C=O) groups is 3. The van der Waals surface area contributed by atoms with Crippen molar-refractivity contribution in [3.63, 3.8) is 0 Å². The standard InChI is InChI=1S/C33H42N8O5/c1-4-41-27(16-22(2)38-41)31(43)37-32-36-26-18-25(30(34)42)19-28(45-3)29(26)40(32)15-9-12-35-33(44)46-21-24-11-8-10-23(17-24)20-39-13-6-5-7-14-39/h8,10-11,16-19H,4-7,9,12-15,20-21H2,1-3H3,(H2,34,42)(H,35,44)(H,36,37,43). The number of aryl methyl sites for hydroxylation is 3. The summed E-state index contributed by atoms with van der Waals surface area (Å²) in [6.07, 6.45) is 3.75. The first kappa shape index (κ1) is 32.5. The van der Waals surface area contributed by atoms with Crippen LogP contribution in [-0.2, 0) is 31.0 Å². The number of amides is 3. The predicted octanol–water partition coefficient (Wildman–Crippen LogP) is 4.22. The number of ether oxygens (including phenoxy) is 2. The molecule has 13 nitrogen and oxygen atoms in total. The Morgan fingerprint density at radius 3 is 2.57 bits per heavy atom. The summed E-state index contributed by atoms with van der Waals surface area (Å²) < 4.78 is 14.5. The molecule has 5 rings (SSSR count). The van der Waals surface area contributed by atoms with Crippen molar-refractivity contribution in [2.24, 2.45) is 5.73 Å². The molecule has 0 aliphatic carbocycles. The molecule has 4 aromatic rings. The Morgan fingerprint density at radius 1 is 1.04 bits per heavy atom. The van der Waals surface area contributed by atoms with E-state index in [4.69, 9.17) is 15.2 Å². The van der Waals surface area contributed by atoms with Gasteiger partial charge in [0.05, 0.1) is 18.3 Å². The quantitative estimate of drug-likeness (QED) is 0.185. The van der Waals surface area contributed by atoms with Crippen molar-refractivity contribution in [3.8, 4) is 5.75 Å². The van der Waals surface area contributed by atoms with Crippen LogP contribution in [0.25, 0.3) is 11.0 Å². The zero-order valence-electron chi connectivity index (χ0n) is 26.7. The summed E-state index contributed by atoms with van der Waals surface area (Å²) in [4.78, 5) is 44.9. The van der Waals surface area contributed by atoms with Crippen molar-refractivity contribution in [3.05, 3.63) is 70.5 Å². The van der Waals surface area contributed by atoms with Gasteiger partial charge in [-0.1, -0.05) is 30.7 Å². The molecule has 13 heteroatoms. The summed E-state index contributed by atoms with van der Waals surface area (Å²) in [5.74, 6) is -0.369. The number of carbonyl (C=O) groups excluding carboxylic acids is 3. The molecule has 4 N–H and O–H groups in total. The van der Waals surface area contributed by atoms with Crippen LogP contribution in [0.2, 0.25) is 0 Å². The van der Waals surface area contributed by atoms with E-state index in [1.165, 1.54) is 31.9 Å². The number of methoxy groups -OCH3 is 1. The highest BCUT2D eigenvalue weighted by Crippen LogP contribution is 2.31. The van der Waals surface area contributed by atoms with Gasteiger partial charge in [-0.25, -0.2) is 9.78 Å². The molecule has 0 saturated carbocycles. The van der Waals surface area contributed by atoms with Crippen molar-refractivity contribution in [2.75, 3.05) is 32.1 Å². The lowest BCUT2D eigenvalue weighted by Gasteiger charge is -2.26. The Morgan fingerprint density at radius 2 is 1.83 bits per heavy atom. The molecule has 0 atom stereocenters. The fourth-order valence-electron chi connectivity index (χ4n) is 5.80. The lowest BCUT2D eigenvalue weighted by molar-refractivity contribution is 0.0995. The van der Waals surface area contributed by atoms with E-state index in [2.05, 4.69) is 37.7 Å². The number of alkyl carbamates (subject to hydrolysis) is 1. The minimum absolute atomic E-state index is 0.176. The first-order valence-electron chi connectivity index (χ1n) is 15.7. The Kier molecular flexibility index (Phi) is 10.5. The van der Waals surface area contributed by atoms with Gasteiger partial charge in [0.25, 0.3) is 5.91 Å². The lowest BCUT2D eigenvalue weighted by Crippen LogP contribution is -2.29. The normalized spacial score (nSPS) is 13.5. The Balaban J connectivity index is 1.23. The van der Waals surface area contributed by atoms with Crippen LogP contribution >= 0.6 is 0 Å². The van der Waals surface area contributed by atoms with Gasteiger partial charge in [-0.3, -0.25) is 24.5 Å². The predicted molar refractivity (Wildman–Crippen MR) is 174 cm³/mol. The van der Waals surface area contributed by atoms with Gasteiger partial charge < -0.3 is 25.1 Å². The fourth-order valence-corrected chi connectivity index (χ4v) is 5.80. The summed E-state index contributed by atoms with van der Waals surface area (Å²) in [5, 5.41) is 10.1. The first-order chi connectivity index (χ1) is 22.2. The lowest BCUT2D eigenvalue weighted by atomic mass is 10.1. The van der Waals surface area contributed by atoms with Crippen molar-refractivity contribution < 1.29 is 23.9 Å². The van der Waals surface area contributed by atoms with E-state index in [1.54, 1.807) is 27.4 Å². The van der Waals surface area contributed by atoms with E-state index < -0.39 is 12.0 Å². The second-order valence-corrected chi connectivity index (χ2v) is 11.5. The average Bonchev–Trinajstić information content (AvgIpc) is 3.61. The molecule has 0 spiro atoms. The molecule has 3 amide bonds. The molecule has 1 fully saturated rings. The summed E-state index contributed by atoms with van der Waals surface area (Å²) in [6, 6.07) is 13.0. The molecule has 1 aliphatic heterocycles. The van der Waals surface area contributed by atoms with Crippen LogP contribution in [0.4, 0.5) is 10.7 Å². The molecular formula is C33H42N8O5. The van der Waals surface area contributed by atoms with Gasteiger partial charge in [-0.15, -0.1) is 0 Å². The van der Waals surface area contributed by atoms with Crippen molar-refractivity contribution in [2.45, 2.75) is 65.8 Å². The van der Waals surface area contributed by atoms with E-state index in [0.717, 1.165) is 30.9 Å². The highest BCUT2D eigenvalue weighted by atomic mass is 16.5. The first-order valence-corrected chi connectivity index (χ1v) is 15.7. The van der Waals surface area contributed by atoms with E-state index in [0.29, 0.717) is 48.5 Å². The third kappa shape index (κ3) is 7.83. The van der Waals surface area contributed by atoms with Crippen LogP contribution in [0.5, 0.6) is 5.75 Å². The van der Waals surface area contributed by atoms with Crippen LogP contribution in [0, 0.1) is 6.92 Å². The number of hydrogen-bond acceptors (Lipinski definition) is 8. The third-order valence-corrected chi connectivity index (χ3v) is 8.01. The molecule has 0 radical (unpaired) electrons. The Hall–Kier alpha value is -4.91. The SMILES string of the molecule is CCn1nc(C)cc1C(=O)Nc1nc2cc(C(N)=O)cc(OC)c2n1CCCNC(=O)OCc1cccc(CN2CCCCC2)c1. The van der Waals surface area contributed by atoms with Gasteiger partial charge in [0.15, 0.2) is 0 Å². The minimum atomic E-state index is -0.626. The van der Waals surface area contributed by atoms with Gasteiger partial charge in [-0.05, 0) is 75.5 Å². The number of likely N-dealkylation sites (tertiary alicyclic amines) is 1. The monoisotopic (exact) mass is 630 g/mol. The highest BCUT2D eigenvalue weighted by molar-refractivity contribution is 6.04. The number of anilines is 1. The van der Waals surface area contributed by atoms with Crippen molar-refractivity contribution in [1.82, 2.24) is 29.5 Å². The maximum Gasteiger partial charge on any atom is 0.407 e. The summed E-state index contributed by atoms with van der Waals surface area (Å²) >= 11 is 0. The van der Waals surface area contributed by atoms with Crippen molar-refractivity contribution >= 4 is 34.9 Å². The van der Waals surface area contributed by atoms with Gasteiger partial charge in [0.2, 0.25) is 11.9 Å². The van der Waals surface area contributed by atoms with Gasteiger partial charge in [0.1, 0.15) is 23.6 Å². The maximum atomic E-state index is 13.3. The van der Waals surface area contributed by atoms with E-state index >= 15 is 0 Å². The number of primary amides is 1. The summed E-state index contributed by atoms with van der Waals surface area (Å²) in [7, 11) is 1.48. The molecule has 1 aliphatic rings. The van der Waals surface area contributed by atoms with Crippen LogP contribution < -0.4 is 21.1 Å². The number of nitrogens with one attached hydrogen (secondary N) is 2. The van der Waals surface area contributed by atoms with E-state index in [1.807, 2.05) is 26.0 Å². The smallest absolute Gasteiger partial charge is 0.407 e. The minimum Gasteiger partial charge on any atom is -0.494 e. The topological polar surface area (TPSA) is 159 Å². The number of aromatic nitrogens is 4. The fraction of sp³-hybridized carbons (Fsp3) is 0.424. The Labute approximate surface area is 268 Å². The summed E-state index contributed by atoms with van der Waals surface area (Å²) in [5.41, 5.74) is 10.0. The molecule has 2 aromatic heterocycles. The molecule has 0 bridgehead atoms. The molecule has 3 heterocycles. The van der Waals surface area contributed by atoms with Gasteiger partial charge in [0, 0.05) is 31.7 Å². The number of piperidine rings is 1. The molecule has 46 heavy (non-hydrogen) atoms. The number of benzene rings is 2. The largest absolute Gasteiger partial charge is 0.494 e. The van der Waals surface area contributed by atoms with Crippen LogP contribution in [-0.4, -0.2) is 68.9 Å². The third-order valence-electron chi connectivity index (χ3n) is 8.01. The second kappa shape index (κ2) is 14.9. The Bertz CT molecular complexity index is 1710. The number of fused-ring (bicyclic) bond motifs is 1. The number of imidazole rings is 1. The van der Waals surface area contributed by atoms with Crippen LogP contribution in [0.3, 0.4) is 0 Å². The molecule has 244 valence electrons. The van der Waals surface area contributed by atoms with Gasteiger partial charge in [-0.2, -0.15) is 5.10 Å². The second-order valence-electron chi connectivity index (χ2n) is 11.5. The number of rotatable bonds is 13. The number of nitrogens with two attached hydrogens (primary N) is 1. The average molecular weight is 631 g/mol. The summed E-state index contributed by atoms with van der Waals surface area (Å²) in [6.45, 7) is 8.24. The molecule has 1 saturated heterocycles. The van der Waals surface area contributed by atoms with Gasteiger partial charge >= 0.3 is 6.09 Å². The molecule has 2 aromatic carbocycles. The van der Waals surface area contributed by atoms with E-state index in [9.17, 15) is 14.4 Å². The zero-order chi connectivity index (χ0) is 32.6. The van der Waals surface area contributed by atoms with Crippen LogP contribution in [0.15, 0.2) is 42.5 Å². The van der Waals surface area contributed by atoms with E-state index in [-0.39, 0.29) is 24.0 Å². The van der Waals surface area contributed by atoms with Crippen LogP contribution in [0.1, 0.15) is 70.3 Å². The maximum absolute atomic E-state index is 13.3. The number of nitrogens with zero attached hydrogens (tertiary/aromatic N) is 5. The number of hydrogen-bond donors (Lipinski definition) is 3. The zero-order valence-corrected chi connectivity index (χ0v) is 26.7.